The summed E-state index contributed by atoms with van der Waals surface area (Å²) in [7, 11) is 0. The molecule has 0 spiro atoms. The number of aliphatic hydroxyl groups excluding tert-OH is 1. The minimum absolute atomic E-state index is 0.0472. The Morgan fingerprint density at radius 2 is 1.88 bits per heavy atom. The highest BCUT2D eigenvalue weighted by atomic mass is 16.5. The van der Waals surface area contributed by atoms with Gasteiger partial charge >= 0.3 is 0 Å². The van der Waals surface area contributed by atoms with Crippen molar-refractivity contribution in [3.63, 3.8) is 0 Å². The highest BCUT2D eigenvalue weighted by molar-refractivity contribution is 5.89. The standard InChI is InChI=1S/C26H29N5O3/c1-18(32)26(33)30-15-5-6-20(30)16-29-17-31(24-23(29)13-14-28-25(24)27)19-9-11-22(12-10-19)34-21-7-3-2-4-8-21/h2-4,7-14,18,20,32H,5-6,15-17H2,1H3,(H2,27,28)/t18?,20-/m1/s1. The molecule has 3 heterocycles. The summed E-state index contributed by atoms with van der Waals surface area (Å²) in [5, 5.41) is 9.81. The number of nitrogens with zero attached hydrogens (tertiary/aromatic N) is 4. The molecule has 2 aromatic carbocycles. The van der Waals surface area contributed by atoms with Crippen LogP contribution < -0.4 is 20.3 Å². The average Bonchev–Trinajstić information content (AvgIpc) is 3.46. The Bertz CT molecular complexity index is 1150. The first kappa shape index (κ1) is 22.0. The van der Waals surface area contributed by atoms with Crippen molar-refractivity contribution in [2.45, 2.75) is 31.9 Å². The molecule has 2 aliphatic heterocycles. The molecule has 1 saturated heterocycles. The maximum Gasteiger partial charge on any atom is 0.251 e. The summed E-state index contributed by atoms with van der Waals surface area (Å²) in [4.78, 5) is 23.0. The van der Waals surface area contributed by atoms with Crippen LogP contribution >= 0.6 is 0 Å². The highest BCUT2D eigenvalue weighted by Crippen LogP contribution is 2.44. The van der Waals surface area contributed by atoms with E-state index in [0.717, 1.165) is 41.4 Å². The molecule has 0 bridgehead atoms. The zero-order chi connectivity index (χ0) is 23.7. The molecule has 3 N–H and O–H groups in total. The monoisotopic (exact) mass is 459 g/mol. The molecular formula is C26H29N5O3. The number of carbonyl (C=O) groups excluding carboxylic acids is 1. The zero-order valence-electron chi connectivity index (χ0n) is 19.2. The maximum absolute atomic E-state index is 12.5. The fourth-order valence-corrected chi connectivity index (χ4v) is 4.80. The van der Waals surface area contributed by atoms with E-state index < -0.39 is 6.10 Å². The molecule has 5 rings (SSSR count). The maximum atomic E-state index is 12.5. The molecule has 34 heavy (non-hydrogen) atoms. The van der Waals surface area contributed by atoms with Gasteiger partial charge in [0.25, 0.3) is 5.91 Å². The van der Waals surface area contributed by atoms with Gasteiger partial charge in [0.1, 0.15) is 29.1 Å². The Hall–Kier alpha value is -3.78. The van der Waals surface area contributed by atoms with Gasteiger partial charge in [-0.1, -0.05) is 18.2 Å². The molecule has 0 aliphatic carbocycles. The van der Waals surface area contributed by atoms with Gasteiger partial charge in [0.05, 0.1) is 12.4 Å². The first-order chi connectivity index (χ1) is 16.5. The lowest BCUT2D eigenvalue weighted by Crippen LogP contribution is -2.46. The SMILES string of the molecule is CC(O)C(=O)N1CCC[C@@H]1CN1CN(c2ccc(Oc3ccccc3)cc2)c2c1ccnc2N. The number of ether oxygens (including phenoxy) is 1. The molecule has 1 fully saturated rings. The summed E-state index contributed by atoms with van der Waals surface area (Å²) in [5.74, 6) is 1.80. The van der Waals surface area contributed by atoms with Crippen LogP contribution in [-0.4, -0.2) is 52.8 Å². The molecule has 1 aromatic heterocycles. The van der Waals surface area contributed by atoms with E-state index in [4.69, 9.17) is 10.5 Å². The number of hydrogen-bond acceptors (Lipinski definition) is 7. The van der Waals surface area contributed by atoms with Crippen molar-refractivity contribution in [1.29, 1.82) is 0 Å². The number of aliphatic hydroxyl groups is 1. The van der Waals surface area contributed by atoms with Crippen molar-refractivity contribution in [3.8, 4) is 11.5 Å². The topological polar surface area (TPSA) is 95.2 Å². The van der Waals surface area contributed by atoms with E-state index in [1.54, 1.807) is 6.20 Å². The summed E-state index contributed by atoms with van der Waals surface area (Å²) < 4.78 is 5.93. The van der Waals surface area contributed by atoms with Gasteiger partial charge in [0.15, 0.2) is 0 Å². The number of para-hydroxylation sites is 1. The predicted octanol–water partition coefficient (Wildman–Crippen LogP) is 3.74. The molecule has 1 amide bonds. The van der Waals surface area contributed by atoms with Gasteiger partial charge in [-0.15, -0.1) is 0 Å². The van der Waals surface area contributed by atoms with E-state index >= 15 is 0 Å². The van der Waals surface area contributed by atoms with E-state index in [0.29, 0.717) is 25.6 Å². The summed E-state index contributed by atoms with van der Waals surface area (Å²) in [5.41, 5.74) is 9.15. The molecule has 2 atom stereocenters. The van der Waals surface area contributed by atoms with Gasteiger partial charge in [0.2, 0.25) is 0 Å². The summed E-state index contributed by atoms with van der Waals surface area (Å²) in [6.45, 7) is 3.47. The van der Waals surface area contributed by atoms with Gasteiger partial charge in [-0.05, 0) is 62.2 Å². The zero-order valence-corrected chi connectivity index (χ0v) is 19.2. The number of likely N-dealkylation sites (tertiary alicyclic amines) is 1. The van der Waals surface area contributed by atoms with Crippen LogP contribution in [0.15, 0.2) is 66.9 Å². The highest BCUT2D eigenvalue weighted by Gasteiger charge is 2.36. The number of amides is 1. The van der Waals surface area contributed by atoms with Crippen LogP contribution in [0.2, 0.25) is 0 Å². The molecule has 8 nitrogen and oxygen atoms in total. The van der Waals surface area contributed by atoms with Crippen molar-refractivity contribution < 1.29 is 14.6 Å². The summed E-state index contributed by atoms with van der Waals surface area (Å²) in [6, 6.07) is 19.6. The van der Waals surface area contributed by atoms with Crippen LogP contribution in [0.5, 0.6) is 11.5 Å². The molecule has 1 unspecified atom stereocenters. The van der Waals surface area contributed by atoms with E-state index in [2.05, 4.69) is 14.8 Å². The Morgan fingerprint density at radius 3 is 2.62 bits per heavy atom. The van der Waals surface area contributed by atoms with Crippen LogP contribution in [0.4, 0.5) is 22.9 Å². The lowest BCUT2D eigenvalue weighted by atomic mass is 10.2. The van der Waals surface area contributed by atoms with Gasteiger partial charge in [0, 0.05) is 31.0 Å². The van der Waals surface area contributed by atoms with E-state index in [9.17, 15) is 9.90 Å². The van der Waals surface area contributed by atoms with E-state index in [1.807, 2.05) is 65.6 Å². The lowest BCUT2D eigenvalue weighted by Gasteiger charge is -2.31. The van der Waals surface area contributed by atoms with Gasteiger partial charge < -0.3 is 30.3 Å². The number of nitrogen functional groups attached to an aromatic ring is 1. The fourth-order valence-electron chi connectivity index (χ4n) is 4.80. The number of fused-ring (bicyclic) bond motifs is 1. The summed E-state index contributed by atoms with van der Waals surface area (Å²) >= 11 is 0. The van der Waals surface area contributed by atoms with Crippen molar-refractivity contribution >= 4 is 28.8 Å². The van der Waals surface area contributed by atoms with E-state index in [-0.39, 0.29) is 11.9 Å². The predicted molar refractivity (Wildman–Crippen MR) is 132 cm³/mol. The number of pyridine rings is 1. The number of aromatic nitrogens is 1. The Morgan fingerprint density at radius 1 is 1.15 bits per heavy atom. The number of hydrogen-bond donors (Lipinski definition) is 2. The molecule has 0 saturated carbocycles. The van der Waals surface area contributed by atoms with Gasteiger partial charge in [-0.3, -0.25) is 4.79 Å². The second-order valence-corrected chi connectivity index (χ2v) is 8.77. The molecule has 0 radical (unpaired) electrons. The van der Waals surface area contributed by atoms with Crippen LogP contribution in [0.3, 0.4) is 0 Å². The molecule has 8 heteroatoms. The first-order valence-electron chi connectivity index (χ1n) is 11.6. The van der Waals surface area contributed by atoms with Gasteiger partial charge in [-0.2, -0.15) is 0 Å². The first-order valence-corrected chi connectivity index (χ1v) is 11.6. The van der Waals surface area contributed by atoms with Crippen molar-refractivity contribution in [2.75, 3.05) is 35.3 Å². The fraction of sp³-hybridized carbons (Fsp3) is 0.308. The third-order valence-corrected chi connectivity index (χ3v) is 6.43. The lowest BCUT2D eigenvalue weighted by molar-refractivity contribution is -0.139. The normalized spacial score (nSPS) is 18.2. The van der Waals surface area contributed by atoms with Crippen LogP contribution in [0.1, 0.15) is 19.8 Å². The van der Waals surface area contributed by atoms with Gasteiger partial charge in [-0.25, -0.2) is 4.98 Å². The van der Waals surface area contributed by atoms with E-state index in [1.165, 1.54) is 6.92 Å². The van der Waals surface area contributed by atoms with Crippen LogP contribution in [0.25, 0.3) is 0 Å². The van der Waals surface area contributed by atoms with Crippen LogP contribution in [0, 0.1) is 0 Å². The number of rotatable bonds is 6. The molecule has 176 valence electrons. The van der Waals surface area contributed by atoms with Crippen molar-refractivity contribution in [1.82, 2.24) is 9.88 Å². The van der Waals surface area contributed by atoms with Crippen molar-refractivity contribution in [2.24, 2.45) is 0 Å². The molecule has 2 aliphatic rings. The summed E-state index contributed by atoms with van der Waals surface area (Å²) in [6.07, 6.45) is 2.58. The number of carbonyl (C=O) groups is 1. The van der Waals surface area contributed by atoms with Crippen molar-refractivity contribution in [3.05, 3.63) is 66.9 Å². The number of benzene rings is 2. The smallest absolute Gasteiger partial charge is 0.251 e. The largest absolute Gasteiger partial charge is 0.457 e. The number of nitrogens with two attached hydrogens (primary N) is 1. The molecular weight excluding hydrogens is 430 g/mol. The second-order valence-electron chi connectivity index (χ2n) is 8.77. The molecule has 3 aromatic rings. The second kappa shape index (κ2) is 9.23. The van der Waals surface area contributed by atoms with Crippen LogP contribution in [-0.2, 0) is 4.79 Å². The minimum Gasteiger partial charge on any atom is -0.457 e. The Labute approximate surface area is 199 Å². The third-order valence-electron chi connectivity index (χ3n) is 6.43. The quantitative estimate of drug-likeness (QED) is 0.580. The average molecular weight is 460 g/mol. The Balaban J connectivity index is 1.37. The number of anilines is 4. The minimum atomic E-state index is -0.987. The Kier molecular flexibility index (Phi) is 5.98. The third kappa shape index (κ3) is 4.24.